The van der Waals surface area contributed by atoms with Crippen molar-refractivity contribution in [3.63, 3.8) is 0 Å². The number of carboxylic acids is 1. The number of rotatable bonds is 3. The summed E-state index contributed by atoms with van der Waals surface area (Å²) in [6.07, 6.45) is -0.0181. The summed E-state index contributed by atoms with van der Waals surface area (Å²) in [6.45, 7) is 7.78. The van der Waals surface area contributed by atoms with Crippen molar-refractivity contribution in [3.8, 4) is 5.69 Å². The molecule has 3 rings (SSSR count). The van der Waals surface area contributed by atoms with Gasteiger partial charge in [-0.15, -0.1) is 0 Å². The molecule has 0 aliphatic heterocycles. The average Bonchev–Trinajstić information content (AvgIpc) is 2.81. The van der Waals surface area contributed by atoms with Crippen LogP contribution in [0, 0.1) is 27.7 Å². The van der Waals surface area contributed by atoms with E-state index in [1.165, 1.54) is 5.56 Å². The fraction of sp³-hybridized carbons (Fsp3) is 0.278. The Balaban J connectivity index is 2.27. The lowest BCUT2D eigenvalue weighted by atomic mass is 10.0. The molecule has 0 amide bonds. The Kier molecular flexibility index (Phi) is 3.64. The molecule has 118 valence electrons. The van der Waals surface area contributed by atoms with E-state index < -0.39 is 5.97 Å². The van der Waals surface area contributed by atoms with Crippen LogP contribution in [0.1, 0.15) is 28.1 Å². The summed E-state index contributed by atoms with van der Waals surface area (Å²) in [4.78, 5) is 15.8. The molecule has 0 bridgehead atoms. The minimum Gasteiger partial charge on any atom is -0.481 e. The van der Waals surface area contributed by atoms with Crippen LogP contribution in [-0.4, -0.2) is 25.8 Å². The van der Waals surface area contributed by atoms with Crippen LogP contribution in [0.3, 0.4) is 0 Å². The van der Waals surface area contributed by atoms with Crippen molar-refractivity contribution >= 4 is 17.0 Å². The van der Waals surface area contributed by atoms with Crippen LogP contribution in [0.2, 0.25) is 0 Å². The molecule has 3 aromatic rings. The summed E-state index contributed by atoms with van der Waals surface area (Å²) in [5, 5.41) is 14.7. The number of hydrogen-bond donors (Lipinski definition) is 1. The Morgan fingerprint density at radius 3 is 2.35 bits per heavy atom. The first-order valence-electron chi connectivity index (χ1n) is 7.52. The number of hydrogen-bond acceptors (Lipinski definition) is 3. The monoisotopic (exact) mass is 309 g/mol. The molecule has 1 N–H and O–H groups in total. The number of carboxylic acid groups (broad SMARTS) is 1. The van der Waals surface area contributed by atoms with E-state index in [-0.39, 0.29) is 6.42 Å². The smallest absolute Gasteiger partial charge is 0.307 e. The number of benzene rings is 1. The zero-order valence-electron chi connectivity index (χ0n) is 13.7. The van der Waals surface area contributed by atoms with Crippen molar-refractivity contribution in [2.75, 3.05) is 0 Å². The molecule has 23 heavy (non-hydrogen) atoms. The molecule has 0 saturated heterocycles. The van der Waals surface area contributed by atoms with Gasteiger partial charge in [0.2, 0.25) is 0 Å². The van der Waals surface area contributed by atoms with E-state index in [0.29, 0.717) is 0 Å². The summed E-state index contributed by atoms with van der Waals surface area (Å²) in [5.74, 6) is -0.846. The van der Waals surface area contributed by atoms with Crippen LogP contribution in [0.5, 0.6) is 0 Å². The lowest BCUT2D eigenvalue weighted by Crippen LogP contribution is -2.07. The summed E-state index contributed by atoms with van der Waals surface area (Å²) in [7, 11) is 0. The third kappa shape index (κ3) is 2.59. The molecular formula is C18H19N3O2. The lowest BCUT2D eigenvalue weighted by Gasteiger charge is -2.10. The maximum absolute atomic E-state index is 11.1. The predicted molar refractivity (Wildman–Crippen MR) is 89.2 cm³/mol. The van der Waals surface area contributed by atoms with Crippen molar-refractivity contribution in [2.45, 2.75) is 34.1 Å². The fourth-order valence-corrected chi connectivity index (χ4v) is 2.98. The topological polar surface area (TPSA) is 68.0 Å². The molecule has 2 aromatic heterocycles. The predicted octanol–water partition coefficient (Wildman–Crippen LogP) is 3.28. The third-order valence-corrected chi connectivity index (χ3v) is 4.18. The number of aryl methyl sites for hydroxylation is 4. The molecular weight excluding hydrogens is 290 g/mol. The Morgan fingerprint density at radius 2 is 1.74 bits per heavy atom. The number of nitrogens with zero attached hydrogens (tertiary/aromatic N) is 3. The minimum absolute atomic E-state index is 0.0181. The van der Waals surface area contributed by atoms with Crippen LogP contribution in [0.4, 0.5) is 0 Å². The quantitative estimate of drug-likeness (QED) is 0.806. The van der Waals surface area contributed by atoms with Gasteiger partial charge in [0.05, 0.1) is 17.8 Å². The average molecular weight is 309 g/mol. The highest BCUT2D eigenvalue weighted by Gasteiger charge is 2.18. The SMILES string of the molecule is Cc1ccc(-n2nc(C)c3c(C)c(CC(=O)O)c(C)nc32)cc1. The van der Waals surface area contributed by atoms with Crippen molar-refractivity contribution < 1.29 is 9.90 Å². The number of pyridine rings is 1. The van der Waals surface area contributed by atoms with Crippen LogP contribution < -0.4 is 0 Å². The molecule has 0 aliphatic rings. The maximum atomic E-state index is 11.1. The summed E-state index contributed by atoms with van der Waals surface area (Å²) >= 11 is 0. The Hall–Kier alpha value is -2.69. The van der Waals surface area contributed by atoms with E-state index in [2.05, 4.69) is 10.1 Å². The van der Waals surface area contributed by atoms with E-state index in [4.69, 9.17) is 5.11 Å². The molecule has 2 heterocycles. The van der Waals surface area contributed by atoms with Crippen LogP contribution in [0.25, 0.3) is 16.7 Å². The van der Waals surface area contributed by atoms with Gasteiger partial charge >= 0.3 is 5.97 Å². The molecule has 1 aromatic carbocycles. The van der Waals surface area contributed by atoms with E-state index in [9.17, 15) is 4.79 Å². The fourth-order valence-electron chi connectivity index (χ4n) is 2.98. The van der Waals surface area contributed by atoms with Gasteiger partial charge in [0.25, 0.3) is 0 Å². The van der Waals surface area contributed by atoms with Gasteiger partial charge in [-0.2, -0.15) is 5.10 Å². The molecule has 0 radical (unpaired) electrons. The zero-order valence-corrected chi connectivity index (χ0v) is 13.7. The molecule has 0 spiro atoms. The van der Waals surface area contributed by atoms with Crippen LogP contribution in [-0.2, 0) is 11.2 Å². The van der Waals surface area contributed by atoms with Gasteiger partial charge in [0.1, 0.15) is 0 Å². The van der Waals surface area contributed by atoms with Crippen LogP contribution >= 0.6 is 0 Å². The first-order valence-corrected chi connectivity index (χ1v) is 7.52. The highest BCUT2D eigenvalue weighted by molar-refractivity contribution is 5.86. The molecule has 0 atom stereocenters. The van der Waals surface area contributed by atoms with E-state index in [1.54, 1.807) is 0 Å². The van der Waals surface area contributed by atoms with Gasteiger partial charge in [0.15, 0.2) is 5.65 Å². The Bertz CT molecular complexity index is 908. The molecule has 0 saturated carbocycles. The van der Waals surface area contributed by atoms with Gasteiger partial charge in [-0.25, -0.2) is 9.67 Å². The third-order valence-electron chi connectivity index (χ3n) is 4.18. The number of aliphatic carboxylic acids is 1. The minimum atomic E-state index is -0.846. The molecule has 5 nitrogen and oxygen atoms in total. The van der Waals surface area contributed by atoms with Gasteiger partial charge in [0, 0.05) is 11.1 Å². The first-order chi connectivity index (χ1) is 10.9. The molecule has 0 aliphatic carbocycles. The molecule has 5 heteroatoms. The largest absolute Gasteiger partial charge is 0.481 e. The number of aromatic nitrogens is 3. The first kappa shape index (κ1) is 15.2. The second-order valence-electron chi connectivity index (χ2n) is 5.90. The highest BCUT2D eigenvalue weighted by Crippen LogP contribution is 2.27. The highest BCUT2D eigenvalue weighted by atomic mass is 16.4. The normalized spacial score (nSPS) is 11.1. The summed E-state index contributed by atoms with van der Waals surface area (Å²) < 4.78 is 1.83. The lowest BCUT2D eigenvalue weighted by molar-refractivity contribution is -0.136. The summed E-state index contributed by atoms with van der Waals surface area (Å²) in [5.41, 5.74) is 6.23. The van der Waals surface area contributed by atoms with Gasteiger partial charge in [-0.05, 0) is 51.0 Å². The summed E-state index contributed by atoms with van der Waals surface area (Å²) in [6, 6.07) is 8.10. The van der Waals surface area contributed by atoms with Crippen molar-refractivity contribution in [3.05, 3.63) is 52.3 Å². The zero-order chi connectivity index (χ0) is 16.7. The van der Waals surface area contributed by atoms with Gasteiger partial charge in [-0.1, -0.05) is 17.7 Å². The molecule has 0 fully saturated rings. The van der Waals surface area contributed by atoms with E-state index >= 15 is 0 Å². The standard InChI is InChI=1S/C18H19N3O2/c1-10-5-7-14(8-6-10)21-18-17(13(4)20-21)11(2)15(9-16(22)23)12(3)19-18/h5-8H,9H2,1-4H3,(H,22,23). The number of fused-ring (bicyclic) bond motifs is 1. The Labute approximate surface area is 134 Å². The second-order valence-corrected chi connectivity index (χ2v) is 5.90. The van der Waals surface area contributed by atoms with Gasteiger partial charge in [-0.3, -0.25) is 4.79 Å². The second kappa shape index (κ2) is 5.50. The van der Waals surface area contributed by atoms with Gasteiger partial charge < -0.3 is 5.11 Å². The Morgan fingerprint density at radius 1 is 1.09 bits per heavy atom. The van der Waals surface area contributed by atoms with E-state index in [0.717, 1.165) is 39.2 Å². The maximum Gasteiger partial charge on any atom is 0.307 e. The van der Waals surface area contributed by atoms with Crippen molar-refractivity contribution in [2.24, 2.45) is 0 Å². The number of carbonyl (C=O) groups is 1. The van der Waals surface area contributed by atoms with Crippen molar-refractivity contribution in [1.29, 1.82) is 0 Å². The molecule has 0 unspecified atom stereocenters. The van der Waals surface area contributed by atoms with Crippen molar-refractivity contribution in [1.82, 2.24) is 14.8 Å². The van der Waals surface area contributed by atoms with E-state index in [1.807, 2.05) is 56.6 Å². The van der Waals surface area contributed by atoms with Crippen LogP contribution in [0.15, 0.2) is 24.3 Å².